The third-order valence-corrected chi connectivity index (χ3v) is 2.28. The van der Waals surface area contributed by atoms with E-state index in [4.69, 9.17) is 10.5 Å². The summed E-state index contributed by atoms with van der Waals surface area (Å²) in [5.41, 5.74) is 5.40. The molecule has 0 radical (unpaired) electrons. The van der Waals surface area contributed by atoms with Crippen molar-refractivity contribution in [3.05, 3.63) is 0 Å². The molecule has 5 nitrogen and oxygen atoms in total. The third kappa shape index (κ3) is 3.61. The SMILES string of the molecule is CN(CCN)CC(=O)N1CCOCC1. The lowest BCUT2D eigenvalue weighted by Crippen LogP contribution is -2.45. The molecular weight excluding hydrogens is 182 g/mol. The predicted molar refractivity (Wildman–Crippen MR) is 54.0 cm³/mol. The van der Waals surface area contributed by atoms with Gasteiger partial charge in [0.15, 0.2) is 0 Å². The zero-order valence-corrected chi connectivity index (χ0v) is 8.74. The first-order chi connectivity index (χ1) is 6.74. The molecule has 5 heteroatoms. The first-order valence-electron chi connectivity index (χ1n) is 4.98. The van der Waals surface area contributed by atoms with Crippen LogP contribution in [0.1, 0.15) is 0 Å². The lowest BCUT2D eigenvalue weighted by atomic mass is 10.4. The van der Waals surface area contributed by atoms with Crippen LogP contribution in [0, 0.1) is 0 Å². The molecule has 1 saturated heterocycles. The molecular formula is C9H19N3O2. The largest absolute Gasteiger partial charge is 0.378 e. The molecule has 1 rings (SSSR count). The number of rotatable bonds is 4. The van der Waals surface area contributed by atoms with Crippen molar-refractivity contribution >= 4 is 5.91 Å². The first kappa shape index (κ1) is 11.4. The zero-order chi connectivity index (χ0) is 10.4. The van der Waals surface area contributed by atoms with Crippen molar-refractivity contribution in [1.29, 1.82) is 0 Å². The molecule has 0 spiro atoms. The second-order valence-corrected chi connectivity index (χ2v) is 3.52. The van der Waals surface area contributed by atoms with Gasteiger partial charge in [-0.3, -0.25) is 9.69 Å². The van der Waals surface area contributed by atoms with Crippen LogP contribution < -0.4 is 5.73 Å². The molecule has 2 N–H and O–H groups in total. The first-order valence-corrected chi connectivity index (χ1v) is 4.98. The number of hydrogen-bond donors (Lipinski definition) is 1. The van der Waals surface area contributed by atoms with E-state index in [1.54, 1.807) is 0 Å². The van der Waals surface area contributed by atoms with E-state index < -0.39 is 0 Å². The highest BCUT2D eigenvalue weighted by atomic mass is 16.5. The molecule has 82 valence electrons. The maximum atomic E-state index is 11.7. The van der Waals surface area contributed by atoms with Gasteiger partial charge in [-0.25, -0.2) is 0 Å². The summed E-state index contributed by atoms with van der Waals surface area (Å²) in [6.45, 7) is 4.56. The summed E-state index contributed by atoms with van der Waals surface area (Å²) in [7, 11) is 1.91. The van der Waals surface area contributed by atoms with Gasteiger partial charge in [-0.05, 0) is 7.05 Å². The van der Waals surface area contributed by atoms with Gasteiger partial charge in [-0.15, -0.1) is 0 Å². The van der Waals surface area contributed by atoms with Gasteiger partial charge in [0.25, 0.3) is 0 Å². The fourth-order valence-electron chi connectivity index (χ4n) is 1.44. The van der Waals surface area contributed by atoms with Crippen molar-refractivity contribution in [1.82, 2.24) is 9.80 Å². The molecule has 1 fully saturated rings. The Hall–Kier alpha value is -0.650. The maximum Gasteiger partial charge on any atom is 0.236 e. The Balaban J connectivity index is 2.25. The fourth-order valence-corrected chi connectivity index (χ4v) is 1.44. The number of ether oxygens (including phenoxy) is 1. The zero-order valence-electron chi connectivity index (χ0n) is 8.74. The van der Waals surface area contributed by atoms with E-state index in [2.05, 4.69) is 0 Å². The van der Waals surface area contributed by atoms with Gasteiger partial charge in [0.05, 0.1) is 19.8 Å². The van der Waals surface area contributed by atoms with Crippen LogP contribution in [0.2, 0.25) is 0 Å². The van der Waals surface area contributed by atoms with E-state index in [0.717, 1.165) is 19.6 Å². The minimum atomic E-state index is 0.171. The van der Waals surface area contributed by atoms with Crippen LogP contribution in [-0.2, 0) is 9.53 Å². The Labute approximate surface area is 84.8 Å². The fraction of sp³-hybridized carbons (Fsp3) is 0.889. The van der Waals surface area contributed by atoms with Crippen molar-refractivity contribution in [3.63, 3.8) is 0 Å². The van der Waals surface area contributed by atoms with Crippen LogP contribution in [0.15, 0.2) is 0 Å². The van der Waals surface area contributed by atoms with Crippen LogP contribution in [-0.4, -0.2) is 68.7 Å². The summed E-state index contributed by atoms with van der Waals surface area (Å²) in [4.78, 5) is 15.5. The van der Waals surface area contributed by atoms with Gasteiger partial charge >= 0.3 is 0 Å². The summed E-state index contributed by atoms with van der Waals surface area (Å²) in [6, 6.07) is 0. The van der Waals surface area contributed by atoms with E-state index in [1.165, 1.54) is 0 Å². The van der Waals surface area contributed by atoms with E-state index in [9.17, 15) is 4.79 Å². The molecule has 1 aliphatic heterocycles. The second kappa shape index (κ2) is 5.95. The van der Waals surface area contributed by atoms with Crippen molar-refractivity contribution < 1.29 is 9.53 Å². The average Bonchev–Trinajstić information content (AvgIpc) is 2.19. The van der Waals surface area contributed by atoms with Crippen molar-refractivity contribution in [2.75, 3.05) is 53.0 Å². The van der Waals surface area contributed by atoms with Crippen molar-refractivity contribution in [2.24, 2.45) is 5.73 Å². The summed E-state index contributed by atoms with van der Waals surface area (Å²) in [5, 5.41) is 0. The highest BCUT2D eigenvalue weighted by Crippen LogP contribution is 1.98. The molecule has 0 aromatic heterocycles. The molecule has 1 amide bonds. The Kier molecular flexibility index (Phi) is 4.86. The summed E-state index contributed by atoms with van der Waals surface area (Å²) < 4.78 is 5.17. The minimum absolute atomic E-state index is 0.171. The lowest BCUT2D eigenvalue weighted by molar-refractivity contribution is -0.136. The molecule has 0 aromatic rings. The van der Waals surface area contributed by atoms with Crippen LogP contribution in [0.4, 0.5) is 0 Å². The minimum Gasteiger partial charge on any atom is -0.378 e. The Bertz CT molecular complexity index is 181. The average molecular weight is 201 g/mol. The van der Waals surface area contributed by atoms with E-state index in [-0.39, 0.29) is 5.91 Å². The molecule has 0 saturated carbocycles. The normalized spacial score (nSPS) is 17.5. The van der Waals surface area contributed by atoms with Gasteiger partial charge in [0.1, 0.15) is 0 Å². The number of carbonyl (C=O) groups excluding carboxylic acids is 1. The summed E-state index contributed by atoms with van der Waals surface area (Å²) in [5.74, 6) is 0.171. The highest BCUT2D eigenvalue weighted by molar-refractivity contribution is 5.78. The van der Waals surface area contributed by atoms with E-state index >= 15 is 0 Å². The summed E-state index contributed by atoms with van der Waals surface area (Å²) >= 11 is 0. The Morgan fingerprint density at radius 2 is 2.14 bits per heavy atom. The molecule has 0 atom stereocenters. The smallest absolute Gasteiger partial charge is 0.236 e. The molecule has 0 aliphatic carbocycles. The van der Waals surface area contributed by atoms with Crippen LogP contribution in [0.5, 0.6) is 0 Å². The van der Waals surface area contributed by atoms with Crippen LogP contribution >= 0.6 is 0 Å². The molecule has 1 heterocycles. The maximum absolute atomic E-state index is 11.7. The third-order valence-electron chi connectivity index (χ3n) is 2.28. The quantitative estimate of drug-likeness (QED) is 0.616. The second-order valence-electron chi connectivity index (χ2n) is 3.52. The predicted octanol–water partition coefficient (Wildman–Crippen LogP) is -1.26. The van der Waals surface area contributed by atoms with E-state index in [1.807, 2.05) is 16.8 Å². The van der Waals surface area contributed by atoms with Gasteiger partial charge in [0.2, 0.25) is 5.91 Å². The van der Waals surface area contributed by atoms with Crippen molar-refractivity contribution in [2.45, 2.75) is 0 Å². The number of nitrogens with zero attached hydrogens (tertiary/aromatic N) is 2. The monoisotopic (exact) mass is 201 g/mol. The van der Waals surface area contributed by atoms with Gasteiger partial charge in [-0.2, -0.15) is 0 Å². The molecule has 1 aliphatic rings. The van der Waals surface area contributed by atoms with Gasteiger partial charge in [0, 0.05) is 26.2 Å². The Morgan fingerprint density at radius 3 is 2.71 bits per heavy atom. The number of nitrogens with two attached hydrogens (primary N) is 1. The summed E-state index contributed by atoms with van der Waals surface area (Å²) in [6.07, 6.45) is 0. The number of carbonyl (C=O) groups is 1. The number of amides is 1. The highest BCUT2D eigenvalue weighted by Gasteiger charge is 2.17. The number of likely N-dealkylation sites (N-methyl/N-ethyl adjacent to an activating group) is 1. The van der Waals surface area contributed by atoms with E-state index in [0.29, 0.717) is 26.3 Å². The van der Waals surface area contributed by atoms with Crippen LogP contribution in [0.3, 0.4) is 0 Å². The Morgan fingerprint density at radius 1 is 1.50 bits per heavy atom. The van der Waals surface area contributed by atoms with Crippen molar-refractivity contribution in [3.8, 4) is 0 Å². The number of morpholine rings is 1. The standard InChI is InChI=1S/C9H19N3O2/c1-11(3-2-10)8-9(13)12-4-6-14-7-5-12/h2-8,10H2,1H3. The number of hydrogen-bond acceptors (Lipinski definition) is 4. The molecule has 0 aromatic carbocycles. The molecule has 0 unspecified atom stereocenters. The van der Waals surface area contributed by atoms with Gasteiger partial charge in [-0.1, -0.05) is 0 Å². The molecule has 14 heavy (non-hydrogen) atoms. The molecule has 0 bridgehead atoms. The van der Waals surface area contributed by atoms with Crippen LogP contribution in [0.25, 0.3) is 0 Å². The lowest BCUT2D eigenvalue weighted by Gasteiger charge is -2.28. The topological polar surface area (TPSA) is 58.8 Å². The van der Waals surface area contributed by atoms with Gasteiger partial charge < -0.3 is 15.4 Å².